The first kappa shape index (κ1) is 16.4. The van der Waals surface area contributed by atoms with Crippen LogP contribution in [0.3, 0.4) is 0 Å². The van der Waals surface area contributed by atoms with Gasteiger partial charge in [0.05, 0.1) is 6.07 Å². The first-order chi connectivity index (χ1) is 9.54. The van der Waals surface area contributed by atoms with E-state index in [1.165, 1.54) is 0 Å². The fraction of sp³-hybridized carbons (Fsp3) is 0.500. The Bertz CT molecular complexity index is 512. The Kier molecular flexibility index (Phi) is 6.45. The molecule has 0 aromatic heterocycles. The van der Waals surface area contributed by atoms with E-state index >= 15 is 0 Å². The summed E-state index contributed by atoms with van der Waals surface area (Å²) in [5.41, 5.74) is 3.76. The van der Waals surface area contributed by atoms with E-state index in [4.69, 9.17) is 5.26 Å². The Balaban J connectivity index is 3.04. The van der Waals surface area contributed by atoms with Gasteiger partial charge in [0.2, 0.25) is 0 Å². The molecule has 0 aromatic carbocycles. The number of halogens is 1. The van der Waals surface area contributed by atoms with E-state index in [0.29, 0.717) is 6.42 Å². The smallest absolute Gasteiger partial charge is 0.129 e. The van der Waals surface area contributed by atoms with Crippen molar-refractivity contribution >= 4 is 0 Å². The molecular formula is C18H24FN. The van der Waals surface area contributed by atoms with Gasteiger partial charge in [-0.1, -0.05) is 23.8 Å². The quantitative estimate of drug-likeness (QED) is 0.582. The summed E-state index contributed by atoms with van der Waals surface area (Å²) in [6.45, 7) is 7.68. The van der Waals surface area contributed by atoms with Crippen LogP contribution in [0.15, 0.2) is 46.3 Å². The lowest BCUT2D eigenvalue weighted by atomic mass is 9.84. The molecule has 0 saturated heterocycles. The van der Waals surface area contributed by atoms with Gasteiger partial charge in [-0.3, -0.25) is 0 Å². The van der Waals surface area contributed by atoms with Crippen LogP contribution in [0.4, 0.5) is 4.39 Å². The third-order valence-electron chi connectivity index (χ3n) is 3.88. The Morgan fingerprint density at radius 2 is 2.10 bits per heavy atom. The van der Waals surface area contributed by atoms with E-state index in [1.54, 1.807) is 0 Å². The van der Waals surface area contributed by atoms with E-state index in [0.717, 1.165) is 41.6 Å². The molecule has 1 aliphatic rings. The summed E-state index contributed by atoms with van der Waals surface area (Å²) >= 11 is 0. The van der Waals surface area contributed by atoms with Crippen LogP contribution >= 0.6 is 0 Å². The van der Waals surface area contributed by atoms with Crippen LogP contribution in [0.1, 0.15) is 53.4 Å². The summed E-state index contributed by atoms with van der Waals surface area (Å²) in [6, 6.07) is 2.23. The fourth-order valence-corrected chi connectivity index (χ4v) is 2.59. The maximum atomic E-state index is 14.6. The Hall–Kier alpha value is -1.62. The van der Waals surface area contributed by atoms with Gasteiger partial charge < -0.3 is 0 Å². The maximum absolute atomic E-state index is 14.6. The van der Waals surface area contributed by atoms with Crippen LogP contribution in [-0.2, 0) is 0 Å². The van der Waals surface area contributed by atoms with Gasteiger partial charge in [0.25, 0.3) is 0 Å². The first-order valence-corrected chi connectivity index (χ1v) is 7.29. The molecule has 0 N–H and O–H groups in total. The molecule has 1 atom stereocenters. The molecule has 108 valence electrons. The van der Waals surface area contributed by atoms with Crippen LogP contribution in [0.25, 0.3) is 0 Å². The lowest BCUT2D eigenvalue weighted by Gasteiger charge is -2.22. The highest BCUT2D eigenvalue weighted by Crippen LogP contribution is 2.38. The molecule has 0 radical (unpaired) electrons. The van der Waals surface area contributed by atoms with Gasteiger partial charge in [-0.25, -0.2) is 4.39 Å². The minimum atomic E-state index is -0.0750. The average Bonchev–Trinajstić information content (AvgIpc) is 2.46. The minimum Gasteiger partial charge on any atom is -0.206 e. The van der Waals surface area contributed by atoms with Crippen LogP contribution in [0, 0.1) is 17.2 Å². The molecule has 0 aliphatic heterocycles. The standard InChI is InChI=1S/C18H24FN/c1-5-7-8-15(6-2)17-10-9-16(11-13(3)12-20)14(4)18(17)19/h5-7,13H,8-11H2,1-4H3/b7-5-,15-6+. The molecular weight excluding hydrogens is 249 g/mol. The average molecular weight is 273 g/mol. The molecule has 0 aromatic rings. The second-order valence-corrected chi connectivity index (χ2v) is 5.34. The largest absolute Gasteiger partial charge is 0.206 e. The van der Waals surface area contributed by atoms with Crippen LogP contribution < -0.4 is 0 Å². The van der Waals surface area contributed by atoms with E-state index in [9.17, 15) is 4.39 Å². The van der Waals surface area contributed by atoms with E-state index < -0.39 is 0 Å². The predicted molar refractivity (Wildman–Crippen MR) is 82.7 cm³/mol. The van der Waals surface area contributed by atoms with E-state index in [2.05, 4.69) is 12.1 Å². The Morgan fingerprint density at radius 1 is 1.40 bits per heavy atom. The van der Waals surface area contributed by atoms with Gasteiger partial charge in [0.1, 0.15) is 5.83 Å². The topological polar surface area (TPSA) is 23.8 Å². The molecule has 2 heteroatoms. The third-order valence-corrected chi connectivity index (χ3v) is 3.88. The second kappa shape index (κ2) is 7.85. The fourth-order valence-electron chi connectivity index (χ4n) is 2.59. The molecule has 20 heavy (non-hydrogen) atoms. The highest BCUT2D eigenvalue weighted by molar-refractivity contribution is 5.46. The van der Waals surface area contributed by atoms with Gasteiger partial charge in [0.15, 0.2) is 0 Å². The molecule has 0 bridgehead atoms. The van der Waals surface area contributed by atoms with Gasteiger partial charge in [-0.2, -0.15) is 5.26 Å². The zero-order valence-corrected chi connectivity index (χ0v) is 13.0. The van der Waals surface area contributed by atoms with Crippen molar-refractivity contribution in [3.05, 3.63) is 46.3 Å². The molecule has 1 aliphatic carbocycles. The monoisotopic (exact) mass is 273 g/mol. The SMILES string of the molecule is C/C=C\C/C(=C\C)C1=C(F)C(C)=C(CC(C)C#N)CC1. The van der Waals surface area contributed by atoms with Gasteiger partial charge in [-0.15, -0.1) is 0 Å². The van der Waals surface area contributed by atoms with Crippen molar-refractivity contribution in [2.24, 2.45) is 5.92 Å². The summed E-state index contributed by atoms with van der Waals surface area (Å²) in [4.78, 5) is 0. The molecule has 0 spiro atoms. The minimum absolute atomic E-state index is 0.0430. The normalized spacial score (nSPS) is 18.7. The van der Waals surface area contributed by atoms with Crippen molar-refractivity contribution in [2.75, 3.05) is 0 Å². The third kappa shape index (κ3) is 3.93. The molecule has 1 rings (SSSR count). The van der Waals surface area contributed by atoms with Gasteiger partial charge >= 0.3 is 0 Å². The summed E-state index contributed by atoms with van der Waals surface area (Å²) < 4.78 is 14.6. The molecule has 0 fully saturated rings. The molecule has 1 nitrogen and oxygen atoms in total. The second-order valence-electron chi connectivity index (χ2n) is 5.34. The van der Waals surface area contributed by atoms with Crippen LogP contribution in [0.5, 0.6) is 0 Å². The number of hydrogen-bond acceptors (Lipinski definition) is 1. The zero-order valence-electron chi connectivity index (χ0n) is 13.0. The predicted octanol–water partition coefficient (Wildman–Crippen LogP) is 5.78. The van der Waals surface area contributed by atoms with Crippen LogP contribution in [-0.4, -0.2) is 0 Å². The zero-order chi connectivity index (χ0) is 15.1. The molecule has 0 amide bonds. The number of nitriles is 1. The van der Waals surface area contributed by atoms with Gasteiger partial charge in [0, 0.05) is 5.92 Å². The van der Waals surface area contributed by atoms with E-state index in [-0.39, 0.29) is 11.7 Å². The van der Waals surface area contributed by atoms with E-state index in [1.807, 2.05) is 39.8 Å². The van der Waals surface area contributed by atoms with Crippen molar-refractivity contribution in [3.8, 4) is 6.07 Å². The van der Waals surface area contributed by atoms with Crippen molar-refractivity contribution in [1.82, 2.24) is 0 Å². The van der Waals surface area contributed by atoms with Crippen molar-refractivity contribution in [1.29, 1.82) is 5.26 Å². The molecule has 1 unspecified atom stereocenters. The highest BCUT2D eigenvalue weighted by atomic mass is 19.1. The number of allylic oxidation sites excluding steroid dienone is 8. The van der Waals surface area contributed by atoms with Crippen molar-refractivity contribution in [2.45, 2.75) is 53.4 Å². The van der Waals surface area contributed by atoms with Crippen molar-refractivity contribution in [3.63, 3.8) is 0 Å². The first-order valence-electron chi connectivity index (χ1n) is 7.29. The summed E-state index contributed by atoms with van der Waals surface area (Å²) in [6.07, 6.45) is 9.14. The Labute approximate surface area is 122 Å². The molecule has 0 heterocycles. The summed E-state index contributed by atoms with van der Waals surface area (Å²) in [5, 5.41) is 8.90. The lowest BCUT2D eigenvalue weighted by molar-refractivity contribution is 0.595. The number of nitrogens with zero attached hydrogens (tertiary/aromatic N) is 1. The number of hydrogen-bond donors (Lipinski definition) is 0. The number of rotatable bonds is 5. The van der Waals surface area contributed by atoms with Gasteiger partial charge in [-0.05, 0) is 70.1 Å². The highest BCUT2D eigenvalue weighted by Gasteiger charge is 2.21. The summed E-state index contributed by atoms with van der Waals surface area (Å²) in [7, 11) is 0. The Morgan fingerprint density at radius 3 is 2.65 bits per heavy atom. The van der Waals surface area contributed by atoms with Crippen molar-refractivity contribution < 1.29 is 4.39 Å². The lowest BCUT2D eigenvalue weighted by Crippen LogP contribution is -2.06. The molecule has 0 saturated carbocycles. The summed E-state index contributed by atoms with van der Waals surface area (Å²) in [5.74, 6) is -0.118. The van der Waals surface area contributed by atoms with Crippen LogP contribution in [0.2, 0.25) is 0 Å². The maximum Gasteiger partial charge on any atom is 0.129 e.